The third-order valence-corrected chi connectivity index (χ3v) is 3.04. The second-order valence-corrected chi connectivity index (χ2v) is 4.25. The Kier molecular flexibility index (Phi) is 3.83. The number of nitrogens with zero attached hydrogens (tertiary/aromatic N) is 2. The average Bonchev–Trinajstić information content (AvgIpc) is 2.68. The highest BCUT2D eigenvalue weighted by molar-refractivity contribution is 5.89. The van der Waals surface area contributed by atoms with Crippen LogP contribution in [0.2, 0.25) is 0 Å². The largest absolute Gasteiger partial charge is 0.461 e. The molecule has 0 atom stereocenters. The van der Waals surface area contributed by atoms with Gasteiger partial charge in [0.15, 0.2) is 5.69 Å². The van der Waals surface area contributed by atoms with Gasteiger partial charge in [-0.25, -0.2) is 18.6 Å². The van der Waals surface area contributed by atoms with E-state index in [1.165, 1.54) is 10.6 Å². The molecule has 0 fully saturated rings. The van der Waals surface area contributed by atoms with Gasteiger partial charge in [0.1, 0.15) is 17.5 Å². The molecular formula is C14H14F2N2O2. The van der Waals surface area contributed by atoms with Crippen LogP contribution in [0, 0.1) is 18.6 Å². The van der Waals surface area contributed by atoms with Gasteiger partial charge in [-0.15, -0.1) is 0 Å². The summed E-state index contributed by atoms with van der Waals surface area (Å²) in [4.78, 5) is 15.8. The van der Waals surface area contributed by atoms with Gasteiger partial charge in [0.05, 0.1) is 12.2 Å². The van der Waals surface area contributed by atoms with Gasteiger partial charge in [0.2, 0.25) is 0 Å². The minimum Gasteiger partial charge on any atom is -0.461 e. The maximum absolute atomic E-state index is 13.8. The first-order chi connectivity index (χ1) is 9.47. The van der Waals surface area contributed by atoms with Gasteiger partial charge in [-0.1, -0.05) is 6.07 Å². The predicted octanol–water partition coefficient (Wildman–Crippen LogP) is 2.85. The molecular weight excluding hydrogens is 266 g/mol. The molecule has 0 saturated heterocycles. The van der Waals surface area contributed by atoms with E-state index in [4.69, 9.17) is 4.74 Å². The van der Waals surface area contributed by atoms with Gasteiger partial charge in [-0.3, -0.25) is 0 Å². The van der Waals surface area contributed by atoms with E-state index in [-0.39, 0.29) is 23.7 Å². The van der Waals surface area contributed by atoms with Crippen LogP contribution < -0.4 is 0 Å². The average molecular weight is 280 g/mol. The van der Waals surface area contributed by atoms with Crippen LogP contribution in [-0.2, 0) is 11.8 Å². The van der Waals surface area contributed by atoms with E-state index in [1.54, 1.807) is 20.9 Å². The molecule has 2 rings (SSSR count). The quantitative estimate of drug-likeness (QED) is 0.812. The number of hydrogen-bond donors (Lipinski definition) is 0. The normalized spacial score (nSPS) is 10.7. The summed E-state index contributed by atoms with van der Waals surface area (Å²) in [6, 6.07) is 3.56. The lowest BCUT2D eigenvalue weighted by molar-refractivity contribution is 0.0519. The molecule has 0 saturated carbocycles. The third kappa shape index (κ3) is 2.29. The second kappa shape index (κ2) is 5.40. The lowest BCUT2D eigenvalue weighted by Gasteiger charge is -2.05. The van der Waals surface area contributed by atoms with Gasteiger partial charge >= 0.3 is 5.97 Å². The molecule has 106 valence electrons. The highest BCUT2D eigenvalue weighted by Crippen LogP contribution is 2.26. The minimum atomic E-state index is -0.728. The van der Waals surface area contributed by atoms with E-state index in [9.17, 15) is 13.6 Å². The molecule has 1 aromatic heterocycles. The van der Waals surface area contributed by atoms with Crippen molar-refractivity contribution in [1.82, 2.24) is 9.55 Å². The number of hydrogen-bond acceptors (Lipinski definition) is 3. The van der Waals surface area contributed by atoms with E-state index < -0.39 is 17.6 Å². The summed E-state index contributed by atoms with van der Waals surface area (Å²) >= 11 is 0. The Labute approximate surface area is 115 Å². The molecule has 20 heavy (non-hydrogen) atoms. The Morgan fingerprint density at radius 3 is 2.50 bits per heavy atom. The van der Waals surface area contributed by atoms with Gasteiger partial charge < -0.3 is 9.30 Å². The fourth-order valence-electron chi connectivity index (χ4n) is 1.91. The number of esters is 1. The summed E-state index contributed by atoms with van der Waals surface area (Å²) < 4.78 is 33.9. The second-order valence-electron chi connectivity index (χ2n) is 4.25. The zero-order valence-corrected chi connectivity index (χ0v) is 11.4. The molecule has 0 bridgehead atoms. The van der Waals surface area contributed by atoms with Crippen LogP contribution in [0.1, 0.15) is 23.1 Å². The number of benzene rings is 1. The van der Waals surface area contributed by atoms with E-state index >= 15 is 0 Å². The summed E-state index contributed by atoms with van der Waals surface area (Å²) in [5.74, 6) is -2.01. The van der Waals surface area contributed by atoms with Crippen molar-refractivity contribution < 1.29 is 18.3 Å². The van der Waals surface area contributed by atoms with Crippen molar-refractivity contribution >= 4 is 5.97 Å². The van der Waals surface area contributed by atoms with Gasteiger partial charge in [-0.05, 0) is 26.0 Å². The Hall–Kier alpha value is -2.24. The Morgan fingerprint density at radius 2 is 1.95 bits per heavy atom. The topological polar surface area (TPSA) is 44.1 Å². The monoisotopic (exact) mass is 280 g/mol. The highest BCUT2D eigenvalue weighted by Gasteiger charge is 2.23. The van der Waals surface area contributed by atoms with Crippen molar-refractivity contribution in [2.45, 2.75) is 13.8 Å². The molecule has 1 aromatic carbocycles. The van der Waals surface area contributed by atoms with Crippen LogP contribution in [0.4, 0.5) is 8.78 Å². The number of imidazole rings is 1. The fraction of sp³-hybridized carbons (Fsp3) is 0.286. The van der Waals surface area contributed by atoms with Crippen LogP contribution in [0.3, 0.4) is 0 Å². The van der Waals surface area contributed by atoms with Crippen LogP contribution in [0.15, 0.2) is 18.2 Å². The summed E-state index contributed by atoms with van der Waals surface area (Å²) in [5.41, 5.74) is 0.293. The predicted molar refractivity (Wildman–Crippen MR) is 69.3 cm³/mol. The van der Waals surface area contributed by atoms with Crippen LogP contribution in [0.5, 0.6) is 0 Å². The molecule has 2 aromatic rings. The maximum atomic E-state index is 13.8. The van der Waals surface area contributed by atoms with Crippen molar-refractivity contribution in [3.05, 3.63) is 41.2 Å². The number of carbonyl (C=O) groups excluding carboxylic acids is 1. The molecule has 6 heteroatoms. The van der Waals surface area contributed by atoms with E-state index in [1.807, 2.05) is 0 Å². The fourth-order valence-corrected chi connectivity index (χ4v) is 1.91. The molecule has 4 nitrogen and oxygen atoms in total. The van der Waals surface area contributed by atoms with Gasteiger partial charge in [0.25, 0.3) is 0 Å². The zero-order chi connectivity index (χ0) is 14.9. The third-order valence-electron chi connectivity index (χ3n) is 3.04. The molecule has 0 aliphatic rings. The molecule has 1 heterocycles. The van der Waals surface area contributed by atoms with Crippen molar-refractivity contribution in [3.8, 4) is 11.4 Å². The molecule has 0 aliphatic carbocycles. The number of carbonyl (C=O) groups is 1. The minimum absolute atomic E-state index is 0.0566. The van der Waals surface area contributed by atoms with E-state index in [0.717, 1.165) is 12.1 Å². The first kappa shape index (κ1) is 14.2. The number of halogens is 2. The number of rotatable bonds is 3. The lowest BCUT2D eigenvalue weighted by Crippen LogP contribution is -2.07. The standard InChI is InChI=1S/C14H14F2N2O2/c1-4-20-14(19)12-8(2)18(3)13(17-12)11-9(15)6-5-7-10(11)16/h5-7H,4H2,1-3H3. The molecule has 0 spiro atoms. The van der Waals surface area contributed by atoms with Crippen LogP contribution >= 0.6 is 0 Å². The summed E-state index contributed by atoms with van der Waals surface area (Å²) in [6.07, 6.45) is 0. The van der Waals surface area contributed by atoms with Crippen LogP contribution in [-0.4, -0.2) is 22.1 Å². The Balaban J connectivity index is 2.60. The lowest BCUT2D eigenvalue weighted by atomic mass is 10.2. The SMILES string of the molecule is CCOC(=O)c1nc(-c2c(F)cccc2F)n(C)c1C. The molecule has 0 unspecified atom stereocenters. The van der Waals surface area contributed by atoms with Crippen molar-refractivity contribution in [1.29, 1.82) is 0 Å². The molecule has 0 amide bonds. The molecule has 0 N–H and O–H groups in total. The summed E-state index contributed by atoms with van der Waals surface area (Å²) in [6.45, 7) is 3.52. The molecule has 0 radical (unpaired) electrons. The Bertz CT molecular complexity index is 645. The maximum Gasteiger partial charge on any atom is 0.358 e. The highest BCUT2D eigenvalue weighted by atomic mass is 19.1. The number of aromatic nitrogens is 2. The number of ether oxygens (including phenoxy) is 1. The van der Waals surface area contributed by atoms with Crippen molar-refractivity contribution in [3.63, 3.8) is 0 Å². The van der Waals surface area contributed by atoms with Crippen LogP contribution in [0.25, 0.3) is 11.4 Å². The first-order valence-corrected chi connectivity index (χ1v) is 6.12. The van der Waals surface area contributed by atoms with Gasteiger partial charge in [-0.2, -0.15) is 0 Å². The summed E-state index contributed by atoms with van der Waals surface area (Å²) in [5, 5.41) is 0. The Morgan fingerprint density at radius 1 is 1.35 bits per heavy atom. The summed E-state index contributed by atoms with van der Waals surface area (Å²) in [7, 11) is 1.59. The van der Waals surface area contributed by atoms with Crippen molar-refractivity contribution in [2.75, 3.05) is 6.61 Å². The molecule has 0 aliphatic heterocycles. The van der Waals surface area contributed by atoms with E-state index in [2.05, 4.69) is 4.98 Å². The smallest absolute Gasteiger partial charge is 0.358 e. The van der Waals surface area contributed by atoms with Gasteiger partial charge in [0, 0.05) is 12.7 Å². The van der Waals surface area contributed by atoms with Crippen molar-refractivity contribution in [2.24, 2.45) is 7.05 Å². The first-order valence-electron chi connectivity index (χ1n) is 6.12. The van der Waals surface area contributed by atoms with E-state index in [0.29, 0.717) is 5.69 Å². The zero-order valence-electron chi connectivity index (χ0n) is 11.4.